The Labute approximate surface area is 98.5 Å². The molecule has 90 valence electrons. The van der Waals surface area contributed by atoms with Gasteiger partial charge >= 0.3 is 0 Å². The van der Waals surface area contributed by atoms with E-state index in [1.807, 2.05) is 6.92 Å². The van der Waals surface area contributed by atoms with E-state index in [-0.39, 0.29) is 11.9 Å². The Morgan fingerprint density at radius 3 is 2.94 bits per heavy atom. The minimum atomic E-state index is -0.317. The van der Waals surface area contributed by atoms with Crippen LogP contribution in [-0.2, 0) is 6.42 Å². The molecule has 2 rings (SSSR count). The molecule has 0 fully saturated rings. The topological polar surface area (TPSA) is 66.5 Å². The van der Waals surface area contributed by atoms with Crippen LogP contribution in [0, 0.1) is 5.82 Å². The van der Waals surface area contributed by atoms with E-state index >= 15 is 0 Å². The largest absolute Gasteiger partial charge is 0.308 e. The van der Waals surface area contributed by atoms with Crippen molar-refractivity contribution >= 4 is 0 Å². The first kappa shape index (κ1) is 11.7. The van der Waals surface area contributed by atoms with Gasteiger partial charge in [-0.25, -0.2) is 9.37 Å². The van der Waals surface area contributed by atoms with Gasteiger partial charge in [0.15, 0.2) is 0 Å². The summed E-state index contributed by atoms with van der Waals surface area (Å²) in [5, 5.41) is 9.85. The Hall–Kier alpha value is -1.82. The van der Waals surface area contributed by atoms with Crippen molar-refractivity contribution in [2.45, 2.75) is 19.4 Å². The second kappa shape index (κ2) is 5.49. The Morgan fingerprint density at radius 2 is 2.29 bits per heavy atom. The number of H-pyrrole nitrogens is 1. The summed E-state index contributed by atoms with van der Waals surface area (Å²) in [7, 11) is 0. The molecule has 0 aliphatic carbocycles. The van der Waals surface area contributed by atoms with Crippen molar-refractivity contribution in [1.29, 1.82) is 0 Å². The highest BCUT2D eigenvalue weighted by molar-refractivity contribution is 5.08. The van der Waals surface area contributed by atoms with Crippen LogP contribution in [0.15, 0.2) is 24.7 Å². The molecule has 1 unspecified atom stereocenters. The number of rotatable bonds is 5. The predicted molar refractivity (Wildman–Crippen MR) is 60.7 cm³/mol. The molecule has 0 aromatic carbocycles. The lowest BCUT2D eigenvalue weighted by Crippen LogP contribution is -2.22. The first-order valence-electron chi connectivity index (χ1n) is 5.45. The summed E-state index contributed by atoms with van der Waals surface area (Å²) in [5.74, 6) is 0.527. The summed E-state index contributed by atoms with van der Waals surface area (Å²) in [4.78, 5) is 8.05. The number of aromatic nitrogens is 4. The molecule has 0 aliphatic rings. The molecule has 6 heteroatoms. The molecular weight excluding hydrogens is 221 g/mol. The van der Waals surface area contributed by atoms with Crippen LogP contribution >= 0.6 is 0 Å². The Balaban J connectivity index is 1.81. The van der Waals surface area contributed by atoms with Crippen molar-refractivity contribution in [2.24, 2.45) is 0 Å². The van der Waals surface area contributed by atoms with Crippen molar-refractivity contribution in [2.75, 3.05) is 6.54 Å². The summed E-state index contributed by atoms with van der Waals surface area (Å²) >= 11 is 0. The van der Waals surface area contributed by atoms with E-state index in [1.165, 1.54) is 18.6 Å². The van der Waals surface area contributed by atoms with Gasteiger partial charge in [-0.15, -0.1) is 0 Å². The highest BCUT2D eigenvalue weighted by Crippen LogP contribution is 2.08. The van der Waals surface area contributed by atoms with Crippen LogP contribution in [0.25, 0.3) is 0 Å². The van der Waals surface area contributed by atoms with Gasteiger partial charge in [-0.1, -0.05) is 0 Å². The maximum Gasteiger partial charge on any atom is 0.141 e. The second-order valence-electron chi connectivity index (χ2n) is 3.76. The number of pyridine rings is 1. The van der Waals surface area contributed by atoms with Gasteiger partial charge < -0.3 is 5.32 Å². The van der Waals surface area contributed by atoms with E-state index in [0.717, 1.165) is 24.5 Å². The zero-order valence-electron chi connectivity index (χ0n) is 9.52. The van der Waals surface area contributed by atoms with Crippen molar-refractivity contribution in [3.63, 3.8) is 0 Å². The van der Waals surface area contributed by atoms with Crippen LogP contribution in [-0.4, -0.2) is 26.7 Å². The molecule has 2 N–H and O–H groups in total. The fourth-order valence-electron chi connectivity index (χ4n) is 1.51. The third-order valence-corrected chi connectivity index (χ3v) is 2.47. The SMILES string of the molecule is CC(NCCc1ncn[nH]1)c1ccc(F)cn1. The third kappa shape index (κ3) is 3.32. The fourth-order valence-corrected chi connectivity index (χ4v) is 1.51. The van der Waals surface area contributed by atoms with Crippen LogP contribution in [0.1, 0.15) is 24.5 Å². The van der Waals surface area contributed by atoms with Crippen LogP contribution in [0.2, 0.25) is 0 Å². The Kier molecular flexibility index (Phi) is 3.77. The summed E-state index contributed by atoms with van der Waals surface area (Å²) in [6.07, 6.45) is 3.48. The van der Waals surface area contributed by atoms with E-state index in [4.69, 9.17) is 0 Å². The molecule has 0 radical (unpaired) electrons. The van der Waals surface area contributed by atoms with E-state index in [9.17, 15) is 4.39 Å². The quantitative estimate of drug-likeness (QED) is 0.818. The normalized spacial score (nSPS) is 12.6. The van der Waals surface area contributed by atoms with Crippen molar-refractivity contribution in [1.82, 2.24) is 25.5 Å². The summed E-state index contributed by atoms with van der Waals surface area (Å²) in [6.45, 7) is 2.75. The molecule has 5 nitrogen and oxygen atoms in total. The molecule has 0 spiro atoms. The number of hydrogen-bond donors (Lipinski definition) is 2. The lowest BCUT2D eigenvalue weighted by atomic mass is 10.2. The average Bonchev–Trinajstić information content (AvgIpc) is 2.83. The zero-order valence-corrected chi connectivity index (χ0v) is 9.52. The highest BCUT2D eigenvalue weighted by atomic mass is 19.1. The standard InChI is InChI=1S/C11H14FN5/c1-8(10-3-2-9(12)6-14-10)13-5-4-11-15-7-16-17-11/h2-3,6-8,13H,4-5H2,1H3,(H,15,16,17). The maximum atomic E-state index is 12.7. The van der Waals surface area contributed by atoms with Crippen LogP contribution in [0.4, 0.5) is 4.39 Å². The molecule has 2 aromatic heterocycles. The van der Waals surface area contributed by atoms with Gasteiger partial charge in [0.1, 0.15) is 18.0 Å². The van der Waals surface area contributed by atoms with Gasteiger partial charge in [0, 0.05) is 19.0 Å². The molecule has 0 amide bonds. The lowest BCUT2D eigenvalue weighted by Gasteiger charge is -2.12. The zero-order chi connectivity index (χ0) is 12.1. The van der Waals surface area contributed by atoms with Crippen molar-refractivity contribution < 1.29 is 4.39 Å². The van der Waals surface area contributed by atoms with Crippen LogP contribution in [0.3, 0.4) is 0 Å². The average molecular weight is 235 g/mol. The molecule has 0 saturated carbocycles. The van der Waals surface area contributed by atoms with Gasteiger partial charge in [0.05, 0.1) is 11.9 Å². The molecule has 0 aliphatic heterocycles. The smallest absolute Gasteiger partial charge is 0.141 e. The Morgan fingerprint density at radius 1 is 1.41 bits per heavy atom. The summed E-state index contributed by atoms with van der Waals surface area (Å²) in [5.41, 5.74) is 0.823. The molecule has 1 atom stereocenters. The second-order valence-corrected chi connectivity index (χ2v) is 3.76. The minimum Gasteiger partial charge on any atom is -0.308 e. The monoisotopic (exact) mass is 235 g/mol. The first-order chi connectivity index (χ1) is 8.25. The third-order valence-electron chi connectivity index (χ3n) is 2.47. The van der Waals surface area contributed by atoms with Gasteiger partial charge in [0.25, 0.3) is 0 Å². The molecule has 0 bridgehead atoms. The van der Waals surface area contributed by atoms with Gasteiger partial charge in [-0.05, 0) is 19.1 Å². The van der Waals surface area contributed by atoms with Crippen molar-refractivity contribution in [3.05, 3.63) is 42.0 Å². The highest BCUT2D eigenvalue weighted by Gasteiger charge is 2.06. The number of nitrogens with one attached hydrogen (secondary N) is 2. The molecular formula is C11H14FN5. The van der Waals surface area contributed by atoms with E-state index in [1.54, 1.807) is 6.07 Å². The number of hydrogen-bond acceptors (Lipinski definition) is 4. The van der Waals surface area contributed by atoms with Crippen molar-refractivity contribution in [3.8, 4) is 0 Å². The Bertz CT molecular complexity index is 439. The number of halogens is 1. The fraction of sp³-hybridized carbons (Fsp3) is 0.364. The van der Waals surface area contributed by atoms with Gasteiger partial charge in [0.2, 0.25) is 0 Å². The lowest BCUT2D eigenvalue weighted by molar-refractivity contribution is 0.552. The van der Waals surface area contributed by atoms with Crippen LogP contribution in [0.5, 0.6) is 0 Å². The van der Waals surface area contributed by atoms with Gasteiger partial charge in [-0.3, -0.25) is 10.1 Å². The molecule has 17 heavy (non-hydrogen) atoms. The summed E-state index contributed by atoms with van der Waals surface area (Å²) in [6, 6.07) is 3.18. The summed E-state index contributed by atoms with van der Waals surface area (Å²) < 4.78 is 12.7. The maximum absolute atomic E-state index is 12.7. The molecule has 0 saturated heterocycles. The van der Waals surface area contributed by atoms with E-state index < -0.39 is 0 Å². The molecule has 2 aromatic rings. The van der Waals surface area contributed by atoms with E-state index in [2.05, 4.69) is 25.5 Å². The van der Waals surface area contributed by atoms with Crippen LogP contribution < -0.4 is 5.32 Å². The number of aromatic amines is 1. The first-order valence-corrected chi connectivity index (χ1v) is 5.45. The van der Waals surface area contributed by atoms with Gasteiger partial charge in [-0.2, -0.15) is 5.10 Å². The minimum absolute atomic E-state index is 0.0820. The molecule has 2 heterocycles. The van der Waals surface area contributed by atoms with E-state index in [0.29, 0.717) is 0 Å². The predicted octanol–water partition coefficient (Wildman–Crippen LogP) is 1.23. The number of nitrogens with zero attached hydrogens (tertiary/aromatic N) is 3.